The van der Waals surface area contributed by atoms with Gasteiger partial charge in [0, 0.05) is 18.2 Å². The van der Waals surface area contributed by atoms with Crippen LogP contribution in [0.5, 0.6) is 0 Å². The van der Waals surface area contributed by atoms with Gasteiger partial charge in [0.15, 0.2) is 5.71 Å². The van der Waals surface area contributed by atoms with Crippen LogP contribution in [0.4, 0.5) is 0 Å². The highest BCUT2D eigenvalue weighted by molar-refractivity contribution is 6.46. The van der Waals surface area contributed by atoms with Crippen molar-refractivity contribution in [2.45, 2.75) is 0 Å². The molecule has 0 fully saturated rings. The molecule has 1 amide bonds. The summed E-state index contributed by atoms with van der Waals surface area (Å²) in [7, 11) is 2.85. The second-order valence-corrected chi connectivity index (χ2v) is 3.03. The summed E-state index contributed by atoms with van der Waals surface area (Å²) in [5.41, 5.74) is 1.20. The number of rotatable bonds is 4. The smallest absolute Gasteiger partial charge is 0.273 e. The molecule has 1 rings (SSSR count). The molecule has 0 saturated carbocycles. The zero-order valence-electron chi connectivity index (χ0n) is 9.54. The van der Waals surface area contributed by atoms with Gasteiger partial charge in [0.1, 0.15) is 7.11 Å². The van der Waals surface area contributed by atoms with Crippen molar-refractivity contribution < 1.29 is 14.8 Å². The van der Waals surface area contributed by atoms with Gasteiger partial charge in [0.2, 0.25) is 0 Å². The van der Waals surface area contributed by atoms with Crippen molar-refractivity contribution in [1.29, 1.82) is 0 Å². The van der Waals surface area contributed by atoms with Crippen molar-refractivity contribution in [3.05, 3.63) is 35.4 Å². The fraction of sp³-hybridized carbons (Fsp3) is 0.182. The monoisotopic (exact) mass is 235 g/mol. The van der Waals surface area contributed by atoms with Gasteiger partial charge in [-0.1, -0.05) is 34.6 Å². The average Bonchev–Trinajstić information content (AvgIpc) is 2.36. The van der Waals surface area contributed by atoms with E-state index in [-0.39, 0.29) is 11.6 Å². The number of hydrogen-bond donors (Lipinski definition) is 2. The van der Waals surface area contributed by atoms with E-state index in [1.807, 2.05) is 0 Å². The van der Waals surface area contributed by atoms with Crippen LogP contribution in [-0.2, 0) is 9.63 Å². The molecule has 0 aliphatic heterocycles. The predicted octanol–water partition coefficient (Wildman–Crippen LogP) is 0.591. The van der Waals surface area contributed by atoms with Gasteiger partial charge in [-0.3, -0.25) is 4.79 Å². The third-order valence-corrected chi connectivity index (χ3v) is 2.04. The molecule has 90 valence electrons. The highest BCUT2D eigenvalue weighted by Gasteiger charge is 2.16. The molecular formula is C11H13N3O3. The highest BCUT2D eigenvalue weighted by Crippen LogP contribution is 2.08. The highest BCUT2D eigenvalue weighted by atomic mass is 16.6. The minimum atomic E-state index is -0.384. The van der Waals surface area contributed by atoms with E-state index < -0.39 is 0 Å². The van der Waals surface area contributed by atoms with E-state index in [0.717, 1.165) is 0 Å². The van der Waals surface area contributed by atoms with Crippen LogP contribution >= 0.6 is 0 Å². The van der Waals surface area contributed by atoms with E-state index in [1.54, 1.807) is 24.3 Å². The van der Waals surface area contributed by atoms with E-state index in [9.17, 15) is 4.79 Å². The van der Waals surface area contributed by atoms with Crippen LogP contribution in [-0.4, -0.2) is 37.2 Å². The summed E-state index contributed by atoms with van der Waals surface area (Å²) < 4.78 is 0. The lowest BCUT2D eigenvalue weighted by atomic mass is 10.0. The Morgan fingerprint density at radius 2 is 2.18 bits per heavy atom. The fourth-order valence-electron chi connectivity index (χ4n) is 1.31. The second kappa shape index (κ2) is 6.26. The number of amides is 1. The van der Waals surface area contributed by atoms with Crippen LogP contribution in [0, 0.1) is 0 Å². The SMILES string of the molecule is CNC(=O)C(=NOC)c1ccccc1C=NO. The van der Waals surface area contributed by atoms with E-state index >= 15 is 0 Å². The first-order valence-corrected chi connectivity index (χ1v) is 4.84. The lowest BCUT2D eigenvalue weighted by molar-refractivity contribution is -0.114. The molecule has 2 N–H and O–H groups in total. The van der Waals surface area contributed by atoms with Crippen molar-refractivity contribution in [2.24, 2.45) is 10.3 Å². The lowest BCUT2D eigenvalue weighted by Gasteiger charge is -2.06. The molecule has 17 heavy (non-hydrogen) atoms. The van der Waals surface area contributed by atoms with Crippen LogP contribution < -0.4 is 5.32 Å². The Bertz CT molecular complexity index is 455. The zero-order chi connectivity index (χ0) is 12.7. The first-order chi connectivity index (χ1) is 8.24. The number of hydrogen-bond acceptors (Lipinski definition) is 5. The summed E-state index contributed by atoms with van der Waals surface area (Å²) in [6.07, 6.45) is 1.23. The van der Waals surface area contributed by atoms with Crippen LogP contribution in [0.1, 0.15) is 11.1 Å². The number of likely N-dealkylation sites (N-methyl/N-ethyl adjacent to an activating group) is 1. The minimum Gasteiger partial charge on any atom is -0.411 e. The summed E-state index contributed by atoms with van der Waals surface area (Å²) in [5.74, 6) is -0.384. The molecule has 0 spiro atoms. The molecular weight excluding hydrogens is 222 g/mol. The number of carbonyl (C=O) groups excluding carboxylic acids is 1. The largest absolute Gasteiger partial charge is 0.411 e. The summed E-state index contributed by atoms with van der Waals surface area (Å²) >= 11 is 0. The molecule has 6 nitrogen and oxygen atoms in total. The van der Waals surface area contributed by atoms with Crippen molar-refractivity contribution in [3.63, 3.8) is 0 Å². The fourth-order valence-corrected chi connectivity index (χ4v) is 1.31. The molecule has 0 aromatic heterocycles. The maximum absolute atomic E-state index is 11.6. The quantitative estimate of drug-likeness (QED) is 0.455. The summed E-state index contributed by atoms with van der Waals surface area (Å²) in [6, 6.07) is 6.89. The third kappa shape index (κ3) is 3.04. The zero-order valence-corrected chi connectivity index (χ0v) is 9.54. The standard InChI is InChI=1S/C11H13N3O3/c1-12-11(15)10(14-17-2)9-6-4-3-5-8(9)7-13-16/h3-7,16H,1-2H3,(H,12,15). The van der Waals surface area contributed by atoms with Crippen molar-refractivity contribution in [3.8, 4) is 0 Å². The van der Waals surface area contributed by atoms with Gasteiger partial charge in [0.25, 0.3) is 5.91 Å². The Labute approximate surface area is 98.6 Å². The van der Waals surface area contributed by atoms with Crippen LogP contribution in [0.3, 0.4) is 0 Å². The molecule has 0 bridgehead atoms. The molecule has 0 radical (unpaired) electrons. The first-order valence-electron chi connectivity index (χ1n) is 4.84. The van der Waals surface area contributed by atoms with Gasteiger partial charge in [-0.25, -0.2) is 0 Å². The van der Waals surface area contributed by atoms with Crippen molar-refractivity contribution >= 4 is 17.8 Å². The molecule has 1 aromatic rings. The van der Waals surface area contributed by atoms with Gasteiger partial charge in [-0.15, -0.1) is 0 Å². The van der Waals surface area contributed by atoms with Crippen molar-refractivity contribution in [2.75, 3.05) is 14.2 Å². The topological polar surface area (TPSA) is 83.3 Å². The molecule has 6 heteroatoms. The average molecular weight is 235 g/mol. The molecule has 0 aliphatic carbocycles. The van der Waals surface area contributed by atoms with E-state index in [1.165, 1.54) is 20.4 Å². The maximum atomic E-state index is 11.6. The Morgan fingerprint density at radius 1 is 1.47 bits per heavy atom. The summed E-state index contributed by atoms with van der Waals surface area (Å²) in [4.78, 5) is 16.3. The summed E-state index contributed by atoms with van der Waals surface area (Å²) in [6.45, 7) is 0. The van der Waals surface area contributed by atoms with Gasteiger partial charge in [-0.2, -0.15) is 0 Å². The third-order valence-electron chi connectivity index (χ3n) is 2.04. The normalized spacial score (nSPS) is 11.5. The number of oxime groups is 2. The number of nitrogens with zero attached hydrogens (tertiary/aromatic N) is 2. The van der Waals surface area contributed by atoms with Crippen LogP contribution in [0.2, 0.25) is 0 Å². The Balaban J connectivity index is 3.28. The van der Waals surface area contributed by atoms with E-state index in [2.05, 4.69) is 20.5 Å². The number of carbonyl (C=O) groups is 1. The predicted molar refractivity (Wildman–Crippen MR) is 63.4 cm³/mol. The van der Waals surface area contributed by atoms with Gasteiger partial charge < -0.3 is 15.4 Å². The van der Waals surface area contributed by atoms with Gasteiger partial charge in [0.05, 0.1) is 6.21 Å². The molecule has 0 aliphatic rings. The molecule has 0 atom stereocenters. The molecule has 1 aromatic carbocycles. The lowest BCUT2D eigenvalue weighted by Crippen LogP contribution is -2.29. The second-order valence-electron chi connectivity index (χ2n) is 3.03. The first kappa shape index (κ1) is 12.7. The maximum Gasteiger partial charge on any atom is 0.273 e. The summed E-state index contributed by atoms with van der Waals surface area (Å²) in [5, 5.41) is 17.6. The van der Waals surface area contributed by atoms with E-state index in [4.69, 9.17) is 5.21 Å². The molecule has 0 unspecified atom stereocenters. The number of nitrogens with one attached hydrogen (secondary N) is 1. The Kier molecular flexibility index (Phi) is 4.68. The Morgan fingerprint density at radius 3 is 2.76 bits per heavy atom. The van der Waals surface area contributed by atoms with Crippen molar-refractivity contribution in [1.82, 2.24) is 5.32 Å². The van der Waals surface area contributed by atoms with Gasteiger partial charge >= 0.3 is 0 Å². The van der Waals surface area contributed by atoms with Gasteiger partial charge in [-0.05, 0) is 0 Å². The van der Waals surface area contributed by atoms with Crippen LogP contribution in [0.25, 0.3) is 0 Å². The minimum absolute atomic E-state index is 0.116. The number of benzene rings is 1. The van der Waals surface area contributed by atoms with E-state index in [0.29, 0.717) is 11.1 Å². The Hall–Kier alpha value is -2.37. The van der Waals surface area contributed by atoms with Crippen LogP contribution in [0.15, 0.2) is 34.6 Å². The molecule has 0 heterocycles. The molecule has 0 saturated heterocycles.